The summed E-state index contributed by atoms with van der Waals surface area (Å²) >= 11 is 6.02. The van der Waals surface area contributed by atoms with Gasteiger partial charge in [-0.3, -0.25) is 39.2 Å². The molecule has 7 rings (SSSR count). The van der Waals surface area contributed by atoms with Crippen molar-refractivity contribution in [1.82, 2.24) is 15.1 Å². The predicted molar refractivity (Wildman–Crippen MR) is 255 cm³/mol. The molecule has 338 valence electrons. The summed E-state index contributed by atoms with van der Waals surface area (Å²) in [7, 11) is 0. The molecule has 1 unspecified atom stereocenters. The first-order chi connectivity index (χ1) is 30.2. The zero-order valence-corrected chi connectivity index (χ0v) is 38.2. The quantitative estimate of drug-likeness (QED) is 0.107. The van der Waals surface area contributed by atoms with Crippen LogP contribution < -0.4 is 30.5 Å². The number of aryl methyl sites for hydroxylation is 1. The average Bonchev–Trinajstić information content (AvgIpc) is 4.08. The van der Waals surface area contributed by atoms with Crippen LogP contribution in [0, 0.1) is 22.7 Å². The van der Waals surface area contributed by atoms with Crippen molar-refractivity contribution in [2.24, 2.45) is 0 Å². The van der Waals surface area contributed by atoms with Crippen LogP contribution in [0.5, 0.6) is 5.75 Å². The van der Waals surface area contributed by atoms with Crippen molar-refractivity contribution in [3.05, 3.63) is 76.9 Å². The Morgan fingerprint density at radius 1 is 0.952 bits per heavy atom. The van der Waals surface area contributed by atoms with E-state index >= 15 is 0 Å². The number of imide groups is 1. The summed E-state index contributed by atoms with van der Waals surface area (Å²) in [6.45, 7) is 17.0. The van der Waals surface area contributed by atoms with Crippen molar-refractivity contribution in [2.75, 3.05) is 53.2 Å². The molecule has 3 heterocycles. The van der Waals surface area contributed by atoms with E-state index in [9.17, 15) is 29.7 Å². The summed E-state index contributed by atoms with van der Waals surface area (Å²) in [6, 6.07) is 20.4. The van der Waals surface area contributed by atoms with E-state index in [0.29, 0.717) is 58.8 Å². The molecule has 3 N–H and O–H groups in total. The van der Waals surface area contributed by atoms with Crippen molar-refractivity contribution >= 4 is 63.7 Å². The van der Waals surface area contributed by atoms with Gasteiger partial charge in [0.2, 0.25) is 17.7 Å². The molecule has 15 heteroatoms. The lowest BCUT2D eigenvalue weighted by atomic mass is 10.0. The van der Waals surface area contributed by atoms with Gasteiger partial charge in [-0.2, -0.15) is 10.5 Å². The molecule has 0 bridgehead atoms. The number of hydrogen-bond donors (Lipinski definition) is 3. The number of carbonyl (C=O) groups is 4. The first-order valence-corrected chi connectivity index (χ1v) is 22.5. The van der Waals surface area contributed by atoms with Crippen LogP contribution in [0.25, 0.3) is 0 Å². The van der Waals surface area contributed by atoms with E-state index in [1.54, 1.807) is 35.2 Å². The summed E-state index contributed by atoms with van der Waals surface area (Å²) in [5.41, 5.74) is 4.48. The zero-order chi connectivity index (χ0) is 45.6. The van der Waals surface area contributed by atoms with Crippen LogP contribution in [0.4, 0.5) is 22.7 Å². The Morgan fingerprint density at radius 3 is 2.30 bits per heavy atom. The number of hydrogen-bond acceptors (Lipinski definition) is 11. The van der Waals surface area contributed by atoms with Gasteiger partial charge in [0.25, 0.3) is 5.91 Å². The van der Waals surface area contributed by atoms with E-state index in [2.05, 4.69) is 64.7 Å². The molecule has 1 saturated carbocycles. The van der Waals surface area contributed by atoms with Gasteiger partial charge in [-0.1, -0.05) is 27.2 Å². The van der Waals surface area contributed by atoms with Crippen LogP contribution in [0.3, 0.4) is 0 Å². The first kappa shape index (κ1) is 46.6. The van der Waals surface area contributed by atoms with Gasteiger partial charge in [0.1, 0.15) is 23.9 Å². The molecule has 63 heavy (non-hydrogen) atoms. The number of rotatable bonds is 14. The number of anilines is 4. The van der Waals surface area contributed by atoms with Gasteiger partial charge in [0.15, 0.2) is 5.11 Å². The Labute approximate surface area is 381 Å². The topological polar surface area (TPSA) is 174 Å². The number of nitriles is 2. The lowest BCUT2D eigenvalue weighted by molar-refractivity contribution is -0.133. The van der Waals surface area contributed by atoms with Gasteiger partial charge < -0.3 is 20.3 Å². The molecule has 0 spiro atoms. The van der Waals surface area contributed by atoms with Crippen LogP contribution in [-0.4, -0.2) is 95.0 Å². The fourth-order valence-electron chi connectivity index (χ4n) is 8.77. The number of piperazine rings is 1. The maximum atomic E-state index is 14.0. The number of piperidine rings is 1. The molecule has 0 aromatic heterocycles. The Balaban J connectivity index is 0.00000228. The standard InChI is InChI=1S/C46H53N9O5S.C2H6.3H2/c1-6-7-32-20-36(11-10-33(32)24-48)54-44(59)46(4,5)55(45(54)61)37-12-14-40(38(22-37)31-8-9-31)60-17-16-52-25-28(2)53(29(3)26-52)27-42(57)50-35-19-30(23-47)18-34(21-35)49-39-13-15-41(56)51-43(39)58;1-2;;;/h10-12,14,18-22,28-29,31,39,49H,6-9,13,15-17,25-27H2,1-5H3,(H,50,57)(H,51,56,58);1-2H3;3*1H/t28-,29+,39?;;;;. The summed E-state index contributed by atoms with van der Waals surface area (Å²) in [4.78, 5) is 59.3. The fraction of sp³-hybridized carbons (Fsp3) is 0.479. The molecular formula is C48H65N9O5S. The maximum absolute atomic E-state index is 14.0. The van der Waals surface area contributed by atoms with Crippen LogP contribution in [0.2, 0.25) is 0 Å². The highest BCUT2D eigenvalue weighted by molar-refractivity contribution is 7.81. The van der Waals surface area contributed by atoms with Crippen molar-refractivity contribution < 1.29 is 28.2 Å². The monoisotopic (exact) mass is 879 g/mol. The van der Waals surface area contributed by atoms with Crippen molar-refractivity contribution in [3.8, 4) is 17.9 Å². The minimum atomic E-state index is -0.932. The summed E-state index contributed by atoms with van der Waals surface area (Å²) in [6.07, 6.45) is 4.31. The molecule has 4 fully saturated rings. The van der Waals surface area contributed by atoms with E-state index in [1.165, 1.54) is 0 Å². The third-order valence-electron chi connectivity index (χ3n) is 12.0. The zero-order valence-electron chi connectivity index (χ0n) is 37.4. The molecule has 3 aromatic carbocycles. The average molecular weight is 880 g/mol. The van der Waals surface area contributed by atoms with Crippen LogP contribution in [0.1, 0.15) is 113 Å². The first-order valence-electron chi connectivity index (χ1n) is 22.1. The third kappa shape index (κ3) is 10.5. The second kappa shape index (κ2) is 20.1. The Bertz CT molecular complexity index is 2340. The van der Waals surface area contributed by atoms with E-state index in [4.69, 9.17) is 17.0 Å². The normalized spacial score (nSPS) is 21.2. The number of carbonyl (C=O) groups excluding carboxylic acids is 4. The van der Waals surface area contributed by atoms with Gasteiger partial charge >= 0.3 is 0 Å². The smallest absolute Gasteiger partial charge is 0.259 e. The number of nitrogens with one attached hydrogen (secondary N) is 3. The second-order valence-corrected chi connectivity index (χ2v) is 17.5. The van der Waals surface area contributed by atoms with Crippen LogP contribution in [0.15, 0.2) is 54.6 Å². The number of amides is 4. The van der Waals surface area contributed by atoms with Gasteiger partial charge in [-0.15, -0.1) is 0 Å². The summed E-state index contributed by atoms with van der Waals surface area (Å²) in [5, 5.41) is 28.0. The minimum Gasteiger partial charge on any atom is -0.492 e. The molecule has 3 atom stereocenters. The fourth-order valence-corrected chi connectivity index (χ4v) is 9.29. The van der Waals surface area contributed by atoms with E-state index in [0.717, 1.165) is 61.3 Å². The Kier molecular flexibility index (Phi) is 14.9. The van der Waals surface area contributed by atoms with Crippen molar-refractivity contribution in [2.45, 2.75) is 117 Å². The van der Waals surface area contributed by atoms with Gasteiger partial charge in [-0.05, 0) is 137 Å². The minimum absolute atomic E-state index is 0. The summed E-state index contributed by atoms with van der Waals surface area (Å²) in [5.74, 6) is 0.149. The second-order valence-electron chi connectivity index (χ2n) is 17.1. The molecular weight excluding hydrogens is 815 g/mol. The molecule has 4 amide bonds. The SMILES string of the molecule is CC.CCCc1cc(N2C(=O)C(C)(C)N(c3ccc(OCCN4C[C@@H](C)N(CC(=O)Nc5cc(C#N)cc(NC6CCC(=O)NC6=O)c5)[C@@H](C)C4)c(C4CC4)c3)C2=S)ccc1C#N.[HH].[HH].[HH]. The number of ether oxygens (including phenoxy) is 1. The van der Waals surface area contributed by atoms with E-state index in [1.807, 2.05) is 50.8 Å². The third-order valence-corrected chi connectivity index (χ3v) is 12.4. The maximum Gasteiger partial charge on any atom is 0.259 e. The molecule has 14 nitrogen and oxygen atoms in total. The molecule has 4 aliphatic rings. The van der Waals surface area contributed by atoms with Crippen molar-refractivity contribution in [3.63, 3.8) is 0 Å². The Morgan fingerprint density at radius 2 is 1.65 bits per heavy atom. The van der Waals surface area contributed by atoms with E-state index in [-0.39, 0.29) is 47.1 Å². The number of nitrogens with zero attached hydrogens (tertiary/aromatic N) is 6. The summed E-state index contributed by atoms with van der Waals surface area (Å²) < 4.78 is 6.48. The van der Waals surface area contributed by atoms with Gasteiger partial charge in [0.05, 0.1) is 35.5 Å². The number of thiocarbonyl (C=S) groups is 1. The highest BCUT2D eigenvalue weighted by atomic mass is 32.1. The lowest BCUT2D eigenvalue weighted by Crippen LogP contribution is -2.58. The molecule has 3 aromatic rings. The highest BCUT2D eigenvalue weighted by Gasteiger charge is 2.50. The van der Waals surface area contributed by atoms with Crippen LogP contribution >= 0.6 is 12.2 Å². The van der Waals surface area contributed by atoms with Gasteiger partial charge in [0, 0.05) is 59.5 Å². The van der Waals surface area contributed by atoms with Crippen molar-refractivity contribution in [1.29, 1.82) is 10.5 Å². The van der Waals surface area contributed by atoms with Gasteiger partial charge in [-0.25, -0.2) is 0 Å². The van der Waals surface area contributed by atoms with Crippen LogP contribution in [-0.2, 0) is 25.6 Å². The molecule has 1 aliphatic carbocycles. The number of benzene rings is 3. The Hall–Kier alpha value is -5.87. The largest absolute Gasteiger partial charge is 0.492 e. The molecule has 3 aliphatic heterocycles. The predicted octanol–water partition coefficient (Wildman–Crippen LogP) is 7.57. The lowest BCUT2D eigenvalue weighted by Gasteiger charge is -2.44. The highest BCUT2D eigenvalue weighted by Crippen LogP contribution is 2.47. The molecule has 0 radical (unpaired) electrons. The molecule has 3 saturated heterocycles. The van der Waals surface area contributed by atoms with E-state index < -0.39 is 17.5 Å².